The second-order valence-corrected chi connectivity index (χ2v) is 2.73. The molecule has 0 aromatic rings. The Hall–Kier alpha value is -0.840. The van der Waals surface area contributed by atoms with Gasteiger partial charge in [0.05, 0.1) is 11.6 Å². The maximum atomic E-state index is 13.0. The van der Waals surface area contributed by atoms with Crippen LogP contribution in [0.3, 0.4) is 0 Å². The van der Waals surface area contributed by atoms with E-state index in [2.05, 4.69) is 0 Å². The van der Waals surface area contributed by atoms with Crippen LogP contribution < -0.4 is 0 Å². The molecule has 0 aromatic heterocycles. The summed E-state index contributed by atoms with van der Waals surface area (Å²) >= 11 is 0. The zero-order valence-corrected chi connectivity index (χ0v) is 5.97. The van der Waals surface area contributed by atoms with E-state index in [1.165, 1.54) is 0 Å². The predicted molar refractivity (Wildman–Crippen MR) is 37.0 cm³/mol. The number of halogens is 1. The second kappa shape index (κ2) is 2.83. The third-order valence-electron chi connectivity index (χ3n) is 1.91. The number of alkyl halides is 1. The number of allylic oxidation sites excluding steroid dienone is 2. The number of rotatable bonds is 0. The molecule has 0 aromatic carbocycles. The molecule has 0 heterocycles. The Bertz CT molecular complexity index is 190. The third-order valence-corrected chi connectivity index (χ3v) is 1.91. The van der Waals surface area contributed by atoms with Crippen LogP contribution in [0.25, 0.3) is 0 Å². The van der Waals surface area contributed by atoms with Crippen LogP contribution >= 0.6 is 0 Å². The van der Waals surface area contributed by atoms with Gasteiger partial charge in [-0.2, -0.15) is 5.26 Å². The van der Waals surface area contributed by atoms with Gasteiger partial charge in [-0.05, 0) is 18.8 Å². The minimum absolute atomic E-state index is 0.0275. The minimum Gasteiger partial charge on any atom is -0.241 e. The molecule has 1 rings (SSSR count). The maximum Gasteiger partial charge on any atom is 0.137 e. The van der Waals surface area contributed by atoms with Crippen LogP contribution in [0.15, 0.2) is 11.6 Å². The van der Waals surface area contributed by atoms with E-state index < -0.39 is 6.17 Å². The number of nitrogens with zero attached hydrogens (tertiary/aromatic N) is 1. The van der Waals surface area contributed by atoms with Gasteiger partial charge < -0.3 is 0 Å². The molecule has 0 saturated carbocycles. The van der Waals surface area contributed by atoms with Gasteiger partial charge in [0.2, 0.25) is 0 Å². The molecule has 0 fully saturated rings. The van der Waals surface area contributed by atoms with Crippen LogP contribution in [-0.2, 0) is 0 Å². The highest BCUT2D eigenvalue weighted by atomic mass is 19.1. The van der Waals surface area contributed by atoms with Crippen molar-refractivity contribution in [1.82, 2.24) is 0 Å². The van der Waals surface area contributed by atoms with Gasteiger partial charge in [0.25, 0.3) is 0 Å². The fraction of sp³-hybridized carbons (Fsp3) is 0.625. The van der Waals surface area contributed by atoms with E-state index in [1.54, 1.807) is 6.08 Å². The molecule has 54 valence electrons. The molecule has 0 spiro atoms. The molecule has 2 heteroatoms. The lowest BCUT2D eigenvalue weighted by Crippen LogP contribution is -2.18. The van der Waals surface area contributed by atoms with E-state index in [-0.39, 0.29) is 5.92 Å². The molecule has 2 atom stereocenters. The molecule has 2 unspecified atom stereocenters. The lowest BCUT2D eigenvalue weighted by molar-refractivity contribution is 0.265. The molecule has 1 nitrogen and oxygen atoms in total. The molecule has 1 aliphatic carbocycles. The lowest BCUT2D eigenvalue weighted by atomic mass is 9.89. The normalized spacial score (nSPS) is 32.7. The second-order valence-electron chi connectivity index (χ2n) is 2.73. The van der Waals surface area contributed by atoms with Gasteiger partial charge in [-0.1, -0.05) is 13.0 Å². The average Bonchev–Trinajstić information content (AvgIpc) is 1.95. The van der Waals surface area contributed by atoms with Crippen molar-refractivity contribution in [3.05, 3.63) is 11.6 Å². The third kappa shape index (κ3) is 1.18. The first-order valence-electron chi connectivity index (χ1n) is 3.50. The van der Waals surface area contributed by atoms with Gasteiger partial charge in [-0.15, -0.1) is 0 Å². The molecular formula is C8H10FN. The molecule has 0 bridgehead atoms. The molecule has 0 saturated heterocycles. The zero-order chi connectivity index (χ0) is 7.56. The molecule has 1 aliphatic rings. The van der Waals surface area contributed by atoms with Gasteiger partial charge in [-0.3, -0.25) is 0 Å². The Labute approximate surface area is 60.2 Å². The van der Waals surface area contributed by atoms with Crippen molar-refractivity contribution in [2.45, 2.75) is 25.9 Å². The summed E-state index contributed by atoms with van der Waals surface area (Å²) in [6.45, 7) is 1.84. The molecular weight excluding hydrogens is 129 g/mol. The smallest absolute Gasteiger partial charge is 0.137 e. The van der Waals surface area contributed by atoms with Gasteiger partial charge in [0.1, 0.15) is 6.17 Å². The Morgan fingerprint density at radius 1 is 1.80 bits per heavy atom. The Morgan fingerprint density at radius 2 is 2.50 bits per heavy atom. The fourth-order valence-corrected chi connectivity index (χ4v) is 1.17. The predicted octanol–water partition coefficient (Wildman–Crippen LogP) is 2.20. The summed E-state index contributed by atoms with van der Waals surface area (Å²) in [5, 5.41) is 8.42. The fourth-order valence-electron chi connectivity index (χ4n) is 1.17. The highest BCUT2D eigenvalue weighted by molar-refractivity contribution is 5.27. The van der Waals surface area contributed by atoms with Crippen molar-refractivity contribution in [2.75, 3.05) is 0 Å². The van der Waals surface area contributed by atoms with Crippen molar-refractivity contribution in [1.29, 1.82) is 5.26 Å². The lowest BCUT2D eigenvalue weighted by Gasteiger charge is -2.19. The van der Waals surface area contributed by atoms with Crippen molar-refractivity contribution < 1.29 is 4.39 Å². The summed E-state index contributed by atoms with van der Waals surface area (Å²) in [5.41, 5.74) is 0.318. The average molecular weight is 139 g/mol. The van der Waals surface area contributed by atoms with E-state index in [1.807, 2.05) is 13.0 Å². The van der Waals surface area contributed by atoms with E-state index in [4.69, 9.17) is 5.26 Å². The van der Waals surface area contributed by atoms with Crippen LogP contribution in [-0.4, -0.2) is 6.17 Å². The standard InChI is InChI=1S/C8H10FN/c1-6-3-2-4-7(5-10)8(6)9/h4,6,8H,2-3H2,1H3. The molecule has 0 amide bonds. The number of hydrogen-bond acceptors (Lipinski definition) is 1. The molecule has 0 aliphatic heterocycles. The monoisotopic (exact) mass is 139 g/mol. The van der Waals surface area contributed by atoms with E-state index in [9.17, 15) is 4.39 Å². The van der Waals surface area contributed by atoms with E-state index in [0.29, 0.717) is 5.57 Å². The maximum absolute atomic E-state index is 13.0. The van der Waals surface area contributed by atoms with Crippen molar-refractivity contribution in [3.63, 3.8) is 0 Å². The van der Waals surface area contributed by atoms with Crippen LogP contribution in [0.4, 0.5) is 4.39 Å². The highest BCUT2D eigenvalue weighted by Gasteiger charge is 2.23. The minimum atomic E-state index is -1.02. The summed E-state index contributed by atoms with van der Waals surface area (Å²) in [6.07, 6.45) is 2.40. The van der Waals surface area contributed by atoms with Crippen molar-refractivity contribution in [3.8, 4) is 6.07 Å². The first-order chi connectivity index (χ1) is 4.75. The summed E-state index contributed by atoms with van der Waals surface area (Å²) in [4.78, 5) is 0. The first-order valence-corrected chi connectivity index (χ1v) is 3.50. The van der Waals surface area contributed by atoms with Gasteiger partial charge in [-0.25, -0.2) is 4.39 Å². The van der Waals surface area contributed by atoms with Gasteiger partial charge in [0.15, 0.2) is 0 Å². The van der Waals surface area contributed by atoms with Crippen LogP contribution in [0, 0.1) is 17.2 Å². The van der Waals surface area contributed by atoms with Crippen LogP contribution in [0.1, 0.15) is 19.8 Å². The Balaban J connectivity index is 2.74. The summed E-state index contributed by atoms with van der Waals surface area (Å²) in [6, 6.07) is 1.87. The molecule has 0 N–H and O–H groups in total. The van der Waals surface area contributed by atoms with Gasteiger partial charge >= 0.3 is 0 Å². The number of hydrogen-bond donors (Lipinski definition) is 0. The number of nitriles is 1. The van der Waals surface area contributed by atoms with E-state index >= 15 is 0 Å². The van der Waals surface area contributed by atoms with E-state index in [0.717, 1.165) is 12.8 Å². The quantitative estimate of drug-likeness (QED) is 0.504. The van der Waals surface area contributed by atoms with Crippen LogP contribution in [0.2, 0.25) is 0 Å². The van der Waals surface area contributed by atoms with Crippen molar-refractivity contribution >= 4 is 0 Å². The molecule has 10 heavy (non-hydrogen) atoms. The van der Waals surface area contributed by atoms with Crippen LogP contribution in [0.5, 0.6) is 0 Å². The first kappa shape index (κ1) is 7.27. The summed E-state index contributed by atoms with van der Waals surface area (Å²) in [5.74, 6) is 0.0275. The summed E-state index contributed by atoms with van der Waals surface area (Å²) in [7, 11) is 0. The Kier molecular flexibility index (Phi) is 2.06. The highest BCUT2D eigenvalue weighted by Crippen LogP contribution is 2.26. The Morgan fingerprint density at radius 3 is 3.00 bits per heavy atom. The SMILES string of the molecule is CC1CCC=C(C#N)C1F. The topological polar surface area (TPSA) is 23.8 Å². The summed E-state index contributed by atoms with van der Waals surface area (Å²) < 4.78 is 13.0. The zero-order valence-electron chi connectivity index (χ0n) is 5.97. The largest absolute Gasteiger partial charge is 0.241 e. The van der Waals surface area contributed by atoms with Crippen molar-refractivity contribution in [2.24, 2.45) is 5.92 Å². The molecule has 0 radical (unpaired) electrons. The van der Waals surface area contributed by atoms with Gasteiger partial charge in [0, 0.05) is 0 Å².